The normalized spacial score (nSPS) is 11.5. The number of amides is 2. The minimum atomic E-state index is -1.12. The first-order chi connectivity index (χ1) is 18.7. The third-order valence-electron chi connectivity index (χ3n) is 5.72. The van der Waals surface area contributed by atoms with Crippen molar-refractivity contribution in [1.82, 2.24) is 25.0 Å². The predicted molar refractivity (Wildman–Crippen MR) is 140 cm³/mol. The molecule has 0 spiro atoms. The van der Waals surface area contributed by atoms with Crippen molar-refractivity contribution in [3.8, 4) is 11.4 Å². The van der Waals surface area contributed by atoms with Gasteiger partial charge in [-0.1, -0.05) is 23.4 Å². The average molecular weight is 534 g/mol. The molecule has 200 valence electrons. The second-order valence-corrected chi connectivity index (χ2v) is 8.53. The lowest BCUT2D eigenvalue weighted by Gasteiger charge is -2.15. The Morgan fingerprint density at radius 3 is 2.56 bits per heavy atom. The van der Waals surface area contributed by atoms with E-state index in [2.05, 4.69) is 37.5 Å². The first-order valence-corrected chi connectivity index (χ1v) is 11.9. The zero-order valence-corrected chi connectivity index (χ0v) is 21.2. The fraction of sp³-hybridized carbons (Fsp3) is 0.185. The van der Waals surface area contributed by atoms with Crippen molar-refractivity contribution in [2.75, 3.05) is 10.6 Å². The number of aryl methyl sites for hydroxylation is 2. The number of aromatic nitrogens is 5. The highest BCUT2D eigenvalue weighted by Gasteiger charge is 2.21. The molecule has 12 heteroatoms. The third kappa shape index (κ3) is 6.66. The number of hydrogen-bond acceptors (Lipinski definition) is 7. The number of allylic oxidation sites excluding steroid dienone is 1. The lowest BCUT2D eigenvalue weighted by molar-refractivity contribution is 0.102. The molecule has 2 N–H and O–H groups in total. The van der Waals surface area contributed by atoms with E-state index in [4.69, 9.17) is 4.74 Å². The van der Waals surface area contributed by atoms with Crippen LogP contribution < -0.4 is 10.6 Å². The number of anilines is 2. The topological polar surface area (TPSA) is 124 Å². The Kier molecular flexibility index (Phi) is 8.34. The number of ether oxygens (including phenoxy) is 1. The Labute approximate surface area is 222 Å². The zero-order valence-electron chi connectivity index (χ0n) is 21.2. The summed E-state index contributed by atoms with van der Waals surface area (Å²) in [5.41, 5.74) is 2.45. The van der Waals surface area contributed by atoms with Gasteiger partial charge < -0.3 is 10.1 Å². The number of carbonyl (C=O) groups is 2. The number of hydrogen-bond donors (Lipinski definition) is 2. The van der Waals surface area contributed by atoms with E-state index in [9.17, 15) is 18.4 Å². The molecule has 0 saturated heterocycles. The van der Waals surface area contributed by atoms with Gasteiger partial charge in [-0.15, -0.1) is 11.7 Å². The molecule has 0 fully saturated rings. The predicted octanol–water partition coefficient (Wildman–Crippen LogP) is 5.23. The summed E-state index contributed by atoms with van der Waals surface area (Å²) in [5.74, 6) is -1.84. The molecular formula is C27H25F2N7O3. The van der Waals surface area contributed by atoms with Gasteiger partial charge in [0.2, 0.25) is 5.95 Å². The summed E-state index contributed by atoms with van der Waals surface area (Å²) in [4.78, 5) is 32.7. The van der Waals surface area contributed by atoms with Crippen molar-refractivity contribution in [2.24, 2.45) is 7.05 Å². The molecule has 0 aliphatic carbocycles. The summed E-state index contributed by atoms with van der Waals surface area (Å²) in [5, 5.41) is 13.2. The van der Waals surface area contributed by atoms with E-state index in [0.29, 0.717) is 16.9 Å². The van der Waals surface area contributed by atoms with Crippen LogP contribution in [0.15, 0.2) is 67.5 Å². The third-order valence-corrected chi connectivity index (χ3v) is 5.72. The minimum Gasteiger partial charge on any atom is -0.441 e. The molecule has 10 nitrogen and oxygen atoms in total. The first-order valence-electron chi connectivity index (χ1n) is 11.9. The quantitative estimate of drug-likeness (QED) is 0.223. The largest absolute Gasteiger partial charge is 0.441 e. The second-order valence-electron chi connectivity index (χ2n) is 8.53. The van der Waals surface area contributed by atoms with Crippen molar-refractivity contribution in [3.63, 3.8) is 0 Å². The highest BCUT2D eigenvalue weighted by molar-refractivity contribution is 6.04. The molecule has 0 bridgehead atoms. The number of rotatable bonds is 9. The molecule has 0 saturated carbocycles. The van der Waals surface area contributed by atoms with Gasteiger partial charge in [-0.25, -0.2) is 18.9 Å². The number of nitrogens with zero attached hydrogens (tertiary/aromatic N) is 5. The molecule has 4 aromatic rings. The van der Waals surface area contributed by atoms with Gasteiger partial charge in [-0.3, -0.25) is 15.1 Å². The monoisotopic (exact) mass is 533 g/mol. The van der Waals surface area contributed by atoms with Crippen LogP contribution in [0.2, 0.25) is 0 Å². The van der Waals surface area contributed by atoms with E-state index in [1.165, 1.54) is 17.8 Å². The lowest BCUT2D eigenvalue weighted by atomic mass is 10.1. The number of benzene rings is 1. The molecule has 0 radical (unpaired) electrons. The van der Waals surface area contributed by atoms with Crippen LogP contribution in [0, 0.1) is 11.8 Å². The second kappa shape index (κ2) is 12.0. The maximum atomic E-state index is 13.9. The molecule has 0 aliphatic heterocycles. The van der Waals surface area contributed by atoms with E-state index >= 15 is 0 Å². The van der Waals surface area contributed by atoms with Crippen LogP contribution in [0.25, 0.3) is 11.4 Å². The summed E-state index contributed by atoms with van der Waals surface area (Å²) >= 11 is 0. The summed E-state index contributed by atoms with van der Waals surface area (Å²) in [7, 11) is 1.54. The van der Waals surface area contributed by atoms with Crippen LogP contribution in [0.5, 0.6) is 0 Å². The van der Waals surface area contributed by atoms with Crippen molar-refractivity contribution < 1.29 is 23.1 Å². The fourth-order valence-corrected chi connectivity index (χ4v) is 3.65. The van der Waals surface area contributed by atoms with Crippen LogP contribution in [0.4, 0.5) is 25.1 Å². The van der Waals surface area contributed by atoms with E-state index in [0.717, 1.165) is 30.7 Å². The average Bonchev–Trinajstić information content (AvgIpc) is 3.28. The maximum Gasteiger partial charge on any atom is 0.413 e. The Morgan fingerprint density at radius 2 is 1.87 bits per heavy atom. The van der Waals surface area contributed by atoms with Gasteiger partial charge in [-0.05, 0) is 55.7 Å². The number of pyridine rings is 2. The van der Waals surface area contributed by atoms with Gasteiger partial charge in [0, 0.05) is 12.6 Å². The molecule has 4 rings (SSSR count). The van der Waals surface area contributed by atoms with Crippen molar-refractivity contribution in [1.29, 1.82) is 0 Å². The number of carbonyl (C=O) groups excluding carboxylic acids is 2. The van der Waals surface area contributed by atoms with Crippen LogP contribution in [-0.2, 0) is 18.2 Å². The van der Waals surface area contributed by atoms with E-state index in [1.807, 2.05) is 18.2 Å². The molecule has 2 amide bonds. The Bertz CT molecular complexity index is 1490. The fourth-order valence-electron chi connectivity index (χ4n) is 3.65. The SMILES string of the molecule is C=CCCc1ccc(C(=O)Nc2ccc(-c3nnn(C)c3NC(=O)O[C@H](C)c3cc(F)cnc3F)nc2)cc1. The smallest absolute Gasteiger partial charge is 0.413 e. The van der Waals surface area contributed by atoms with Crippen molar-refractivity contribution in [2.45, 2.75) is 25.9 Å². The van der Waals surface area contributed by atoms with Gasteiger partial charge in [0.1, 0.15) is 11.9 Å². The highest BCUT2D eigenvalue weighted by Crippen LogP contribution is 2.26. The molecule has 3 heterocycles. The van der Waals surface area contributed by atoms with E-state index in [1.54, 1.807) is 31.3 Å². The van der Waals surface area contributed by atoms with Gasteiger partial charge in [0.15, 0.2) is 11.5 Å². The number of halogens is 2. The Balaban J connectivity index is 1.41. The molecule has 1 aromatic carbocycles. The van der Waals surface area contributed by atoms with Gasteiger partial charge >= 0.3 is 6.09 Å². The van der Waals surface area contributed by atoms with Crippen molar-refractivity contribution in [3.05, 3.63) is 96.0 Å². The summed E-state index contributed by atoms with van der Waals surface area (Å²) < 4.78 is 33.8. The van der Waals surface area contributed by atoms with Crippen LogP contribution in [0.3, 0.4) is 0 Å². The van der Waals surface area contributed by atoms with E-state index in [-0.39, 0.29) is 23.0 Å². The highest BCUT2D eigenvalue weighted by atomic mass is 19.1. The van der Waals surface area contributed by atoms with Crippen LogP contribution in [0.1, 0.15) is 40.9 Å². The summed E-state index contributed by atoms with van der Waals surface area (Å²) in [6.45, 7) is 5.09. The van der Waals surface area contributed by atoms with Gasteiger partial charge in [0.05, 0.1) is 29.3 Å². The van der Waals surface area contributed by atoms with Crippen molar-refractivity contribution >= 4 is 23.5 Å². The molecule has 0 aliphatic rings. The summed E-state index contributed by atoms with van der Waals surface area (Å²) in [6.07, 6.45) is 3.67. The first kappa shape index (κ1) is 27.0. The molecule has 3 aromatic heterocycles. The maximum absolute atomic E-state index is 13.9. The lowest BCUT2D eigenvalue weighted by Crippen LogP contribution is -2.19. The molecule has 0 unspecified atom stereocenters. The Morgan fingerprint density at radius 1 is 1.10 bits per heavy atom. The van der Waals surface area contributed by atoms with Crippen LogP contribution >= 0.6 is 0 Å². The molecule has 1 atom stereocenters. The van der Waals surface area contributed by atoms with Crippen LogP contribution in [-0.4, -0.2) is 37.0 Å². The minimum absolute atomic E-state index is 0.158. The molecule has 39 heavy (non-hydrogen) atoms. The Hall–Kier alpha value is -5.00. The van der Waals surface area contributed by atoms with Gasteiger partial charge in [-0.2, -0.15) is 4.39 Å². The zero-order chi connectivity index (χ0) is 27.9. The van der Waals surface area contributed by atoms with E-state index < -0.39 is 24.0 Å². The van der Waals surface area contributed by atoms with Gasteiger partial charge in [0.25, 0.3) is 5.91 Å². The summed E-state index contributed by atoms with van der Waals surface area (Å²) in [6, 6.07) is 11.5. The standard InChI is InChI=1S/C27H25F2N7O3/c1-4-5-6-17-7-9-18(10-8-17)26(37)32-20-11-12-22(30-15-20)23-25(36(3)35-34-23)33-27(38)39-16(2)21-13-19(28)14-31-24(21)29/h4,7-16H,1,5-6H2,2-3H3,(H,32,37)(H,33,38)/t16-/m1/s1. The molecular weight excluding hydrogens is 508 g/mol. The number of nitrogens with one attached hydrogen (secondary N) is 2.